The molecule has 1 unspecified atom stereocenters. The molecule has 0 bridgehead atoms. The van der Waals surface area contributed by atoms with Crippen LogP contribution >= 0.6 is 0 Å². The van der Waals surface area contributed by atoms with Crippen LogP contribution in [-0.4, -0.2) is 104 Å². The highest BCUT2D eigenvalue weighted by Crippen LogP contribution is 2.22. The van der Waals surface area contributed by atoms with E-state index in [0.717, 1.165) is 19.4 Å². The van der Waals surface area contributed by atoms with Crippen LogP contribution in [0.5, 0.6) is 0 Å². The topological polar surface area (TPSA) is 73.4 Å². The van der Waals surface area contributed by atoms with E-state index in [1.807, 2.05) is 18.7 Å². The average molecular weight is 375 g/mol. The molecule has 0 N–H and O–H groups in total. The summed E-state index contributed by atoms with van der Waals surface area (Å²) in [6.07, 6.45) is 1.89. The van der Waals surface area contributed by atoms with Crippen molar-refractivity contribution in [3.05, 3.63) is 0 Å². The van der Waals surface area contributed by atoms with E-state index in [1.165, 1.54) is 4.31 Å². The lowest BCUT2D eigenvalue weighted by Crippen LogP contribution is -2.60. The summed E-state index contributed by atoms with van der Waals surface area (Å²) < 4.78 is 33.8. The number of amides is 1. The predicted octanol–water partition coefficient (Wildman–Crippen LogP) is -0.420. The minimum Gasteiger partial charge on any atom is -0.379 e. The molecule has 0 radical (unpaired) electrons. The SMILES string of the molecule is CC(C)N1CCCC(N2CCN(S(=O)(=O)N3CCOCC3)CC2)C1=O. The third-order valence-electron chi connectivity index (χ3n) is 5.40. The van der Waals surface area contributed by atoms with E-state index < -0.39 is 10.2 Å². The number of ether oxygens (including phenoxy) is 1. The molecular formula is C16H30N4O4S. The molecule has 144 valence electrons. The second-order valence-electron chi connectivity index (χ2n) is 7.24. The van der Waals surface area contributed by atoms with Crippen LogP contribution in [0.2, 0.25) is 0 Å². The third-order valence-corrected chi connectivity index (χ3v) is 7.44. The van der Waals surface area contributed by atoms with Gasteiger partial charge >= 0.3 is 0 Å². The molecule has 0 saturated carbocycles. The Hall–Kier alpha value is -0.740. The molecule has 3 rings (SSSR count). The highest BCUT2D eigenvalue weighted by molar-refractivity contribution is 7.86. The van der Waals surface area contributed by atoms with Crippen LogP contribution in [-0.2, 0) is 19.7 Å². The van der Waals surface area contributed by atoms with Gasteiger partial charge in [0.25, 0.3) is 10.2 Å². The molecule has 8 nitrogen and oxygen atoms in total. The standard InChI is InChI=1S/C16H30N4O4S/c1-14(2)20-5-3-4-15(16(20)21)17-6-8-18(9-7-17)25(22,23)19-10-12-24-13-11-19/h14-15H,3-13H2,1-2H3. The molecule has 1 amide bonds. The lowest BCUT2D eigenvalue weighted by atomic mass is 10.0. The van der Waals surface area contributed by atoms with Gasteiger partial charge in [0, 0.05) is 51.9 Å². The Morgan fingerprint density at radius 2 is 1.56 bits per heavy atom. The summed E-state index contributed by atoms with van der Waals surface area (Å²) in [5.74, 6) is 0.200. The Labute approximate surface area is 150 Å². The summed E-state index contributed by atoms with van der Waals surface area (Å²) in [6.45, 7) is 8.83. The molecule has 0 aromatic rings. The van der Waals surface area contributed by atoms with Crippen molar-refractivity contribution in [2.75, 3.05) is 59.0 Å². The molecule has 0 spiro atoms. The van der Waals surface area contributed by atoms with Gasteiger partial charge < -0.3 is 9.64 Å². The van der Waals surface area contributed by atoms with Gasteiger partial charge in [-0.2, -0.15) is 17.0 Å². The minimum absolute atomic E-state index is 0.0932. The Morgan fingerprint density at radius 1 is 0.960 bits per heavy atom. The summed E-state index contributed by atoms with van der Waals surface area (Å²) in [6, 6.07) is 0.127. The molecule has 1 atom stereocenters. The molecule has 9 heteroatoms. The van der Waals surface area contributed by atoms with E-state index in [-0.39, 0.29) is 18.0 Å². The maximum Gasteiger partial charge on any atom is 0.282 e. The monoisotopic (exact) mass is 374 g/mol. The Balaban J connectivity index is 1.59. The number of morpholine rings is 1. The zero-order valence-electron chi connectivity index (χ0n) is 15.3. The number of carbonyl (C=O) groups excluding carboxylic acids is 1. The van der Waals surface area contributed by atoms with Gasteiger partial charge in [0.1, 0.15) is 0 Å². The van der Waals surface area contributed by atoms with Crippen molar-refractivity contribution in [2.24, 2.45) is 0 Å². The Bertz CT molecular complexity index is 569. The minimum atomic E-state index is -3.41. The largest absolute Gasteiger partial charge is 0.379 e. The molecule has 3 heterocycles. The first kappa shape index (κ1) is 19.0. The second-order valence-corrected chi connectivity index (χ2v) is 9.17. The maximum atomic E-state index is 12.7. The number of piperidine rings is 1. The molecule has 0 aliphatic carbocycles. The van der Waals surface area contributed by atoms with Crippen LogP contribution < -0.4 is 0 Å². The molecule has 3 saturated heterocycles. The number of hydrogen-bond donors (Lipinski definition) is 0. The van der Waals surface area contributed by atoms with E-state index in [4.69, 9.17) is 4.74 Å². The van der Waals surface area contributed by atoms with Crippen LogP contribution in [0.25, 0.3) is 0 Å². The summed E-state index contributed by atoms with van der Waals surface area (Å²) >= 11 is 0. The van der Waals surface area contributed by atoms with Gasteiger partial charge in [0.05, 0.1) is 19.3 Å². The van der Waals surface area contributed by atoms with Gasteiger partial charge in [-0.3, -0.25) is 9.69 Å². The van der Waals surface area contributed by atoms with Crippen molar-refractivity contribution in [2.45, 2.75) is 38.8 Å². The van der Waals surface area contributed by atoms with E-state index in [1.54, 1.807) is 4.31 Å². The van der Waals surface area contributed by atoms with E-state index in [2.05, 4.69) is 4.90 Å². The van der Waals surface area contributed by atoms with Crippen molar-refractivity contribution < 1.29 is 17.9 Å². The first-order chi connectivity index (χ1) is 11.9. The number of nitrogens with zero attached hydrogens (tertiary/aromatic N) is 4. The van der Waals surface area contributed by atoms with Gasteiger partial charge in [-0.05, 0) is 26.7 Å². The lowest BCUT2D eigenvalue weighted by molar-refractivity contribution is -0.142. The Morgan fingerprint density at radius 3 is 2.16 bits per heavy atom. The van der Waals surface area contributed by atoms with Gasteiger partial charge in [-0.1, -0.05) is 0 Å². The fourth-order valence-corrected chi connectivity index (χ4v) is 5.48. The molecule has 3 aliphatic heterocycles. The third kappa shape index (κ3) is 4.00. The van der Waals surface area contributed by atoms with E-state index >= 15 is 0 Å². The van der Waals surface area contributed by atoms with Crippen LogP contribution in [0, 0.1) is 0 Å². The summed E-state index contributed by atoms with van der Waals surface area (Å²) in [4.78, 5) is 16.8. The maximum absolute atomic E-state index is 12.7. The first-order valence-corrected chi connectivity index (χ1v) is 10.7. The first-order valence-electron chi connectivity index (χ1n) is 9.29. The Kier molecular flexibility index (Phi) is 5.99. The lowest BCUT2D eigenvalue weighted by Gasteiger charge is -2.44. The molecule has 3 aliphatic rings. The summed E-state index contributed by atoms with van der Waals surface area (Å²) in [7, 11) is -3.41. The van der Waals surface area contributed by atoms with Gasteiger partial charge in [-0.15, -0.1) is 0 Å². The van der Waals surface area contributed by atoms with Crippen LogP contribution in [0.3, 0.4) is 0 Å². The van der Waals surface area contributed by atoms with Gasteiger partial charge in [-0.25, -0.2) is 0 Å². The van der Waals surface area contributed by atoms with E-state index in [0.29, 0.717) is 52.5 Å². The van der Waals surface area contributed by atoms with Gasteiger partial charge in [0.2, 0.25) is 5.91 Å². The summed E-state index contributed by atoms with van der Waals surface area (Å²) in [5, 5.41) is 0. The molecule has 3 fully saturated rings. The fraction of sp³-hybridized carbons (Fsp3) is 0.938. The number of piperazine rings is 1. The van der Waals surface area contributed by atoms with Crippen molar-refractivity contribution in [3.63, 3.8) is 0 Å². The van der Waals surface area contributed by atoms with Crippen molar-refractivity contribution >= 4 is 16.1 Å². The number of hydrogen-bond acceptors (Lipinski definition) is 5. The van der Waals surface area contributed by atoms with Crippen LogP contribution in [0.15, 0.2) is 0 Å². The van der Waals surface area contributed by atoms with Crippen molar-refractivity contribution in [3.8, 4) is 0 Å². The van der Waals surface area contributed by atoms with Crippen molar-refractivity contribution in [1.29, 1.82) is 0 Å². The average Bonchev–Trinajstić information content (AvgIpc) is 2.62. The molecular weight excluding hydrogens is 344 g/mol. The number of rotatable bonds is 4. The van der Waals surface area contributed by atoms with Crippen LogP contribution in [0.4, 0.5) is 0 Å². The fourth-order valence-electron chi connectivity index (χ4n) is 3.92. The summed E-state index contributed by atoms with van der Waals surface area (Å²) in [5.41, 5.74) is 0. The zero-order chi connectivity index (χ0) is 18.0. The number of likely N-dealkylation sites (tertiary alicyclic amines) is 1. The quantitative estimate of drug-likeness (QED) is 0.668. The normalized spacial score (nSPS) is 28.7. The molecule has 0 aromatic carbocycles. The predicted molar refractivity (Wildman–Crippen MR) is 94.3 cm³/mol. The smallest absolute Gasteiger partial charge is 0.282 e. The highest BCUT2D eigenvalue weighted by Gasteiger charge is 2.38. The zero-order valence-corrected chi connectivity index (χ0v) is 16.1. The number of carbonyl (C=O) groups is 1. The highest BCUT2D eigenvalue weighted by atomic mass is 32.2. The molecule has 0 aromatic heterocycles. The van der Waals surface area contributed by atoms with Crippen LogP contribution in [0.1, 0.15) is 26.7 Å². The second kappa shape index (κ2) is 7.87. The van der Waals surface area contributed by atoms with Gasteiger partial charge in [0.15, 0.2) is 0 Å². The molecule has 25 heavy (non-hydrogen) atoms. The van der Waals surface area contributed by atoms with E-state index in [9.17, 15) is 13.2 Å². The van der Waals surface area contributed by atoms with Crippen molar-refractivity contribution in [1.82, 2.24) is 18.4 Å².